The van der Waals surface area contributed by atoms with E-state index in [1.807, 2.05) is 105 Å². The molecule has 4 atom stereocenters. The normalized spacial score (nSPS) is 17.9. The first-order valence-electron chi connectivity index (χ1n) is 18.6. The second-order valence-electron chi connectivity index (χ2n) is 15.8. The van der Waals surface area contributed by atoms with Crippen LogP contribution in [0.25, 0.3) is 0 Å². The number of hydrogen-bond donors (Lipinski definition) is 0. The summed E-state index contributed by atoms with van der Waals surface area (Å²) in [7, 11) is -0.653. The van der Waals surface area contributed by atoms with Gasteiger partial charge in [0.1, 0.15) is 0 Å². The van der Waals surface area contributed by atoms with E-state index in [1.54, 1.807) is 22.5 Å². The minimum atomic E-state index is -5.05. The number of carbonyl (C=O) groups is 4. The second-order valence-corrected chi connectivity index (χ2v) is 24.7. The van der Waals surface area contributed by atoms with Gasteiger partial charge in [0, 0.05) is 0 Å². The number of benzene rings is 3. The summed E-state index contributed by atoms with van der Waals surface area (Å²) in [6.07, 6.45) is -0.628. The van der Waals surface area contributed by atoms with E-state index in [4.69, 9.17) is 13.7 Å². The van der Waals surface area contributed by atoms with E-state index in [0.29, 0.717) is 15.9 Å². The molecule has 0 spiro atoms. The molecule has 4 aromatic rings. The van der Waals surface area contributed by atoms with Crippen LogP contribution >= 0.6 is 6.98 Å². The Morgan fingerprint density at radius 2 is 1.42 bits per heavy atom. The first-order valence-corrected chi connectivity index (χ1v) is 23.7. The molecule has 5 rings (SSSR count). The van der Waals surface area contributed by atoms with Gasteiger partial charge in [-0.05, 0) is 0 Å². The molecule has 0 bridgehead atoms. The number of aromatic nitrogens is 2. The number of nitrogens with zero attached hydrogens (tertiary/aromatic N) is 3. The second kappa shape index (κ2) is 15.8. The van der Waals surface area contributed by atoms with Crippen molar-refractivity contribution in [3.63, 3.8) is 0 Å². The molecule has 12 heteroatoms. The number of aryl methyl sites for hydroxylation is 2. The van der Waals surface area contributed by atoms with E-state index < -0.39 is 51.4 Å². The van der Waals surface area contributed by atoms with Crippen molar-refractivity contribution < 1.29 is 32.9 Å². The summed E-state index contributed by atoms with van der Waals surface area (Å²) in [6, 6.07) is 28.7. The SMILES string of the molecule is C=CCC(OC(C)=O)C(=O)OP(c1ccccc1)(c1ccccc1)(c1ccccc1)N1C(=O)[C@H]([C@@H](C)O[Si](C)(C)C(C)(C)C)[C@H]1CC(=O)c1cc(C)n(C)n1. The quantitative estimate of drug-likeness (QED) is 0.0318. The van der Waals surface area contributed by atoms with Gasteiger partial charge in [-0.2, -0.15) is 0 Å². The predicted molar refractivity (Wildman–Crippen MR) is 220 cm³/mol. The molecule has 1 aliphatic heterocycles. The molecular formula is C43H54N3O7PSi. The standard InChI is InChI=1S/C43H54N3O7PSi/c1-11-21-39(51-32(4)47)42(50)52-54(33-22-15-12-16-23-33,34-24-17-13-18-25-34,35-26-19-14-20-27-35)46-37(29-38(48)36-28-30(2)45(8)44-36)40(41(46)49)31(3)53-55(9,10)43(5,6)7/h11-20,22-28,31,37,39-40H,1,21,29H2,2-10H3/t31-,37-,39?,40-/m1/s1. The van der Waals surface area contributed by atoms with Crippen LogP contribution in [0.2, 0.25) is 18.1 Å². The third-order valence-electron chi connectivity index (χ3n) is 11.2. The van der Waals surface area contributed by atoms with Crippen molar-refractivity contribution in [2.75, 3.05) is 0 Å². The van der Waals surface area contributed by atoms with Crippen LogP contribution in [0.5, 0.6) is 0 Å². The molecule has 1 amide bonds. The van der Waals surface area contributed by atoms with E-state index >= 15 is 4.79 Å². The summed E-state index contributed by atoms with van der Waals surface area (Å²) >= 11 is 0. The van der Waals surface area contributed by atoms with Gasteiger partial charge in [-0.3, -0.25) is 0 Å². The monoisotopic (exact) mass is 783 g/mol. The fourth-order valence-electron chi connectivity index (χ4n) is 7.37. The van der Waals surface area contributed by atoms with E-state index in [-0.39, 0.29) is 35.3 Å². The summed E-state index contributed by atoms with van der Waals surface area (Å²) in [5.41, 5.74) is 1.08. The molecule has 292 valence electrons. The van der Waals surface area contributed by atoms with Crippen molar-refractivity contribution in [3.8, 4) is 0 Å². The zero-order chi connectivity index (χ0) is 40.4. The van der Waals surface area contributed by atoms with Crippen LogP contribution in [0, 0.1) is 12.8 Å². The van der Waals surface area contributed by atoms with Crippen LogP contribution in [0.4, 0.5) is 0 Å². The van der Waals surface area contributed by atoms with Crippen LogP contribution in [0.1, 0.15) is 63.6 Å². The van der Waals surface area contributed by atoms with Gasteiger partial charge in [-0.25, -0.2) is 0 Å². The van der Waals surface area contributed by atoms with E-state index in [9.17, 15) is 14.4 Å². The molecule has 0 radical (unpaired) electrons. The van der Waals surface area contributed by atoms with Gasteiger partial charge < -0.3 is 0 Å². The number of Topliss-reactive ketones (excluding diaryl/α,β-unsaturated/α-hetero) is 1. The van der Waals surface area contributed by atoms with Crippen molar-refractivity contribution in [2.24, 2.45) is 13.0 Å². The fraction of sp³-hybridized carbons (Fsp3) is 0.372. The molecule has 1 saturated heterocycles. The Labute approximate surface area is 326 Å². The molecule has 2 heterocycles. The maximum absolute atomic E-state index is 15.6. The van der Waals surface area contributed by atoms with Crippen molar-refractivity contribution in [1.29, 1.82) is 0 Å². The maximum atomic E-state index is 15.6. The summed E-state index contributed by atoms with van der Waals surface area (Å²) < 4.78 is 23.0. The number of rotatable bonds is 15. The zero-order valence-corrected chi connectivity index (χ0v) is 35.3. The van der Waals surface area contributed by atoms with E-state index in [1.165, 1.54) is 13.0 Å². The van der Waals surface area contributed by atoms with Gasteiger partial charge in [0.15, 0.2) is 0 Å². The molecule has 1 fully saturated rings. The zero-order valence-electron chi connectivity index (χ0n) is 33.4. The Balaban J connectivity index is 1.88. The van der Waals surface area contributed by atoms with Gasteiger partial charge in [0.05, 0.1) is 0 Å². The molecule has 10 nitrogen and oxygen atoms in total. The summed E-state index contributed by atoms with van der Waals surface area (Å²) in [6.45, 7) is 14.4. The molecule has 0 N–H and O–H groups in total. The van der Waals surface area contributed by atoms with Crippen molar-refractivity contribution in [1.82, 2.24) is 14.5 Å². The fourth-order valence-corrected chi connectivity index (χ4v) is 14.8. The van der Waals surface area contributed by atoms with Crippen molar-refractivity contribution in [3.05, 3.63) is 121 Å². The summed E-state index contributed by atoms with van der Waals surface area (Å²) in [5.74, 6) is -2.89. The van der Waals surface area contributed by atoms with E-state index in [0.717, 1.165) is 5.69 Å². The van der Waals surface area contributed by atoms with Gasteiger partial charge >= 0.3 is 327 Å². The number of ether oxygens (including phenoxy) is 1. The first kappa shape index (κ1) is 41.5. The third kappa shape index (κ3) is 7.37. The van der Waals surface area contributed by atoms with E-state index in [2.05, 4.69) is 45.5 Å². The van der Waals surface area contributed by atoms with Crippen LogP contribution < -0.4 is 15.9 Å². The number of ketones is 1. The van der Waals surface area contributed by atoms with Crippen LogP contribution in [0.15, 0.2) is 110 Å². The summed E-state index contributed by atoms with van der Waals surface area (Å²) in [5, 5.41) is 6.00. The molecule has 55 heavy (non-hydrogen) atoms. The molecule has 0 saturated carbocycles. The average molecular weight is 784 g/mol. The number of carbonyl (C=O) groups excluding carboxylic acids is 4. The Hall–Kier alpha value is -4.70. The number of amides is 1. The molecule has 1 aliphatic rings. The Morgan fingerprint density at radius 1 is 0.927 bits per heavy atom. The third-order valence-corrected chi connectivity index (χ3v) is 21.4. The van der Waals surface area contributed by atoms with Crippen molar-refractivity contribution >= 4 is 54.8 Å². The summed E-state index contributed by atoms with van der Waals surface area (Å²) in [4.78, 5) is 57.4. The average Bonchev–Trinajstić information content (AvgIpc) is 3.48. The first-order chi connectivity index (χ1) is 25.9. The molecule has 0 aliphatic carbocycles. The minimum absolute atomic E-state index is 0.0296. The molecule has 1 unspecified atom stereocenters. The van der Waals surface area contributed by atoms with Gasteiger partial charge in [0.2, 0.25) is 0 Å². The molecular weight excluding hydrogens is 730 g/mol. The van der Waals surface area contributed by atoms with Gasteiger partial charge in [-0.15, -0.1) is 0 Å². The molecule has 3 aromatic carbocycles. The van der Waals surface area contributed by atoms with Crippen LogP contribution in [-0.2, 0) is 35.1 Å². The predicted octanol–water partition coefficient (Wildman–Crippen LogP) is 6.95. The van der Waals surface area contributed by atoms with Crippen LogP contribution in [0.3, 0.4) is 0 Å². The number of hydrogen-bond acceptors (Lipinski definition) is 8. The van der Waals surface area contributed by atoms with Gasteiger partial charge in [-0.1, -0.05) is 0 Å². The Kier molecular flexibility index (Phi) is 11.9. The topological polar surface area (TPSA) is 117 Å². The Morgan fingerprint density at radius 3 is 1.82 bits per heavy atom. The number of β-lactam (4-membered cyclic amide) rings is 1. The van der Waals surface area contributed by atoms with Crippen LogP contribution in [-0.4, -0.2) is 64.6 Å². The Bertz CT molecular complexity index is 1930. The number of esters is 1. The van der Waals surface area contributed by atoms with Crippen molar-refractivity contribution in [2.45, 2.75) is 90.8 Å². The van der Waals surface area contributed by atoms with Gasteiger partial charge in [0.25, 0.3) is 0 Å². The molecule has 1 aromatic heterocycles.